The van der Waals surface area contributed by atoms with E-state index in [1.165, 1.54) is 12.8 Å². The number of methoxy groups -OCH3 is 1. The summed E-state index contributed by atoms with van der Waals surface area (Å²) in [6, 6.07) is 8.09. The Balaban J connectivity index is 1.44. The summed E-state index contributed by atoms with van der Waals surface area (Å²) in [5, 5.41) is 3.10. The molecule has 152 valence electrons. The number of nitrogens with one attached hydrogen (secondary N) is 1. The molecule has 2 heterocycles. The summed E-state index contributed by atoms with van der Waals surface area (Å²) in [5.41, 5.74) is 0.840. The third-order valence-corrected chi connectivity index (χ3v) is 6.32. The van der Waals surface area contributed by atoms with Crippen LogP contribution in [-0.4, -0.2) is 55.7 Å². The second kappa shape index (κ2) is 8.11. The van der Waals surface area contributed by atoms with Gasteiger partial charge in [-0.2, -0.15) is 0 Å². The summed E-state index contributed by atoms with van der Waals surface area (Å²) in [5.74, 6) is 1.91. The Bertz CT molecular complexity index is 723. The predicted molar refractivity (Wildman–Crippen MR) is 105 cm³/mol. The van der Waals surface area contributed by atoms with E-state index in [4.69, 9.17) is 9.47 Å². The molecule has 3 aliphatic rings. The van der Waals surface area contributed by atoms with Crippen LogP contribution in [0.2, 0.25) is 0 Å². The van der Waals surface area contributed by atoms with Crippen LogP contribution in [0.15, 0.2) is 24.3 Å². The smallest absolute Gasteiger partial charge is 0.248 e. The zero-order valence-electron chi connectivity index (χ0n) is 16.6. The van der Waals surface area contributed by atoms with Crippen LogP contribution in [0, 0.1) is 5.92 Å². The van der Waals surface area contributed by atoms with E-state index in [1.807, 2.05) is 23.1 Å². The Hall–Kier alpha value is -2.08. The summed E-state index contributed by atoms with van der Waals surface area (Å²) < 4.78 is 11.4. The number of carbonyl (C=O) groups is 2. The highest BCUT2D eigenvalue weighted by atomic mass is 16.5. The number of amides is 2. The molecule has 2 amide bonds. The summed E-state index contributed by atoms with van der Waals surface area (Å²) in [6.07, 6.45) is 5.38. The fourth-order valence-corrected chi connectivity index (χ4v) is 4.49. The highest BCUT2D eigenvalue weighted by Crippen LogP contribution is 2.46. The molecule has 4 rings (SSSR count). The molecule has 6 nitrogen and oxygen atoms in total. The van der Waals surface area contributed by atoms with Crippen LogP contribution in [0.25, 0.3) is 0 Å². The number of hydrogen-bond donors (Lipinski definition) is 1. The first-order valence-corrected chi connectivity index (χ1v) is 10.4. The van der Waals surface area contributed by atoms with Crippen LogP contribution in [0.5, 0.6) is 5.75 Å². The molecule has 0 unspecified atom stereocenters. The van der Waals surface area contributed by atoms with Gasteiger partial charge in [0.2, 0.25) is 11.8 Å². The van der Waals surface area contributed by atoms with Crippen molar-refractivity contribution in [1.29, 1.82) is 0 Å². The molecule has 28 heavy (non-hydrogen) atoms. The molecule has 2 fully saturated rings. The van der Waals surface area contributed by atoms with Crippen molar-refractivity contribution in [3.05, 3.63) is 29.8 Å². The molecule has 1 atom stereocenters. The highest BCUT2D eigenvalue weighted by Gasteiger charge is 2.44. The lowest BCUT2D eigenvalue weighted by molar-refractivity contribution is -0.139. The first-order chi connectivity index (χ1) is 13.6. The maximum atomic E-state index is 12.5. The molecule has 0 radical (unpaired) electrons. The van der Waals surface area contributed by atoms with E-state index in [0.29, 0.717) is 25.4 Å². The molecule has 1 saturated heterocycles. The lowest BCUT2D eigenvalue weighted by atomic mass is 9.76. The number of fused-ring (bicyclic) bond motifs is 1. The van der Waals surface area contributed by atoms with Gasteiger partial charge in [-0.15, -0.1) is 0 Å². The zero-order chi connectivity index (χ0) is 19.6. The van der Waals surface area contributed by atoms with Crippen molar-refractivity contribution in [2.45, 2.75) is 50.0 Å². The highest BCUT2D eigenvalue weighted by molar-refractivity contribution is 5.78. The van der Waals surface area contributed by atoms with Gasteiger partial charge in [0, 0.05) is 51.9 Å². The number of likely N-dealkylation sites (tertiary alicyclic amines) is 1. The van der Waals surface area contributed by atoms with E-state index in [2.05, 4.69) is 11.4 Å². The van der Waals surface area contributed by atoms with E-state index in [-0.39, 0.29) is 29.9 Å². The third-order valence-electron chi connectivity index (χ3n) is 6.32. The van der Waals surface area contributed by atoms with E-state index in [9.17, 15) is 9.59 Å². The van der Waals surface area contributed by atoms with Gasteiger partial charge in [0.15, 0.2) is 0 Å². The van der Waals surface area contributed by atoms with Gasteiger partial charge in [-0.25, -0.2) is 0 Å². The van der Waals surface area contributed by atoms with Gasteiger partial charge in [-0.05, 0) is 36.8 Å². The van der Waals surface area contributed by atoms with Crippen molar-refractivity contribution in [3.8, 4) is 5.75 Å². The topological polar surface area (TPSA) is 67.9 Å². The molecule has 2 aliphatic heterocycles. The Morgan fingerprint density at radius 1 is 1.25 bits per heavy atom. The minimum absolute atomic E-state index is 0.0320. The van der Waals surface area contributed by atoms with Gasteiger partial charge in [-0.3, -0.25) is 9.59 Å². The summed E-state index contributed by atoms with van der Waals surface area (Å²) in [4.78, 5) is 26.5. The Morgan fingerprint density at radius 3 is 2.71 bits per heavy atom. The van der Waals surface area contributed by atoms with E-state index in [1.54, 1.807) is 7.11 Å². The lowest BCUT2D eigenvalue weighted by Gasteiger charge is -2.47. The first kappa shape index (κ1) is 19.2. The molecule has 1 saturated carbocycles. The average molecular weight is 386 g/mol. The number of hydrogen-bond acceptors (Lipinski definition) is 4. The number of rotatable bonds is 6. The van der Waals surface area contributed by atoms with Crippen LogP contribution in [0.4, 0.5) is 0 Å². The monoisotopic (exact) mass is 386 g/mol. The molecule has 1 aromatic carbocycles. The van der Waals surface area contributed by atoms with Gasteiger partial charge in [0.25, 0.3) is 0 Å². The number of carbonyl (C=O) groups excluding carboxylic acids is 2. The first-order valence-electron chi connectivity index (χ1n) is 10.4. The van der Waals surface area contributed by atoms with Gasteiger partial charge in [-0.1, -0.05) is 18.2 Å². The van der Waals surface area contributed by atoms with Gasteiger partial charge >= 0.3 is 0 Å². The molecule has 1 N–H and O–H groups in total. The fourth-order valence-electron chi connectivity index (χ4n) is 4.49. The fraction of sp³-hybridized carbons (Fsp3) is 0.636. The van der Waals surface area contributed by atoms with E-state index >= 15 is 0 Å². The summed E-state index contributed by atoms with van der Waals surface area (Å²) in [6.45, 7) is 2.28. The number of nitrogens with zero attached hydrogens (tertiary/aromatic N) is 1. The van der Waals surface area contributed by atoms with Crippen LogP contribution in [0.1, 0.15) is 50.0 Å². The van der Waals surface area contributed by atoms with Crippen molar-refractivity contribution in [2.75, 3.05) is 33.4 Å². The van der Waals surface area contributed by atoms with Crippen LogP contribution < -0.4 is 10.1 Å². The van der Waals surface area contributed by atoms with Crippen LogP contribution in [-0.2, 0) is 14.3 Å². The molecule has 6 heteroatoms. The second-order valence-corrected chi connectivity index (χ2v) is 8.49. The van der Waals surface area contributed by atoms with Crippen LogP contribution in [0.3, 0.4) is 0 Å². The standard InChI is InChI=1S/C22H30N2O4/c1-27-15-21(26)24-10-8-22(9-11-24)13-17(12-20(25)23-14-16-6-7-16)18-4-2-3-5-19(18)28-22/h2-5,16-17H,6-15H2,1H3,(H,23,25)/t17-/m0/s1. The van der Waals surface area contributed by atoms with Crippen molar-refractivity contribution in [2.24, 2.45) is 5.92 Å². The van der Waals surface area contributed by atoms with Crippen molar-refractivity contribution in [1.82, 2.24) is 10.2 Å². The molecular weight excluding hydrogens is 356 g/mol. The minimum Gasteiger partial charge on any atom is -0.487 e. The molecule has 1 aliphatic carbocycles. The van der Waals surface area contributed by atoms with Crippen LogP contribution >= 0.6 is 0 Å². The molecule has 0 bridgehead atoms. The zero-order valence-corrected chi connectivity index (χ0v) is 16.6. The number of para-hydroxylation sites is 1. The summed E-state index contributed by atoms with van der Waals surface area (Å²) >= 11 is 0. The largest absolute Gasteiger partial charge is 0.487 e. The maximum absolute atomic E-state index is 12.5. The third kappa shape index (κ3) is 4.32. The van der Waals surface area contributed by atoms with Crippen molar-refractivity contribution >= 4 is 11.8 Å². The van der Waals surface area contributed by atoms with E-state index < -0.39 is 0 Å². The molecular formula is C22H30N2O4. The van der Waals surface area contributed by atoms with E-state index in [0.717, 1.165) is 37.1 Å². The normalized spacial score (nSPS) is 23.0. The molecule has 0 aromatic heterocycles. The van der Waals surface area contributed by atoms with Crippen molar-refractivity contribution in [3.63, 3.8) is 0 Å². The maximum Gasteiger partial charge on any atom is 0.248 e. The second-order valence-electron chi connectivity index (χ2n) is 8.49. The summed E-state index contributed by atoms with van der Waals surface area (Å²) in [7, 11) is 1.55. The minimum atomic E-state index is -0.292. The molecule has 1 aromatic rings. The van der Waals surface area contributed by atoms with Gasteiger partial charge in [0.05, 0.1) is 0 Å². The van der Waals surface area contributed by atoms with Gasteiger partial charge in [0.1, 0.15) is 18.0 Å². The average Bonchev–Trinajstić information content (AvgIpc) is 3.52. The number of benzene rings is 1. The predicted octanol–water partition coefficient (Wildman–Crippen LogP) is 2.48. The number of ether oxygens (including phenoxy) is 2. The Kier molecular flexibility index (Phi) is 5.58. The lowest BCUT2D eigenvalue weighted by Crippen LogP contribution is -2.52. The Labute approximate surface area is 166 Å². The van der Waals surface area contributed by atoms with Crippen molar-refractivity contribution < 1.29 is 19.1 Å². The van der Waals surface area contributed by atoms with Gasteiger partial charge < -0.3 is 19.7 Å². The Morgan fingerprint density at radius 2 is 2.00 bits per heavy atom. The molecule has 1 spiro atoms. The quantitative estimate of drug-likeness (QED) is 0.816. The SMILES string of the molecule is COCC(=O)N1CCC2(CC1)C[C@H](CC(=O)NCC1CC1)c1ccccc1O2. The number of piperidine rings is 1.